The van der Waals surface area contributed by atoms with E-state index in [1.165, 1.54) is 0 Å². The van der Waals surface area contributed by atoms with Gasteiger partial charge in [-0.25, -0.2) is 0 Å². The Morgan fingerprint density at radius 1 is 1.44 bits per heavy atom. The molecule has 0 aliphatic rings. The summed E-state index contributed by atoms with van der Waals surface area (Å²) in [6.07, 6.45) is 0. The minimum Gasteiger partial charge on any atom is -0.409 e. The van der Waals surface area contributed by atoms with Crippen molar-refractivity contribution in [2.24, 2.45) is 16.3 Å². The van der Waals surface area contributed by atoms with Gasteiger partial charge in [-0.15, -0.1) is 0 Å². The Balaban J connectivity index is 2.99. The van der Waals surface area contributed by atoms with Crippen molar-refractivity contribution in [1.82, 2.24) is 0 Å². The topological polar surface area (TPSA) is 61.8 Å². The van der Waals surface area contributed by atoms with Crippen molar-refractivity contribution in [1.29, 1.82) is 0 Å². The summed E-state index contributed by atoms with van der Waals surface area (Å²) in [5.41, 5.74) is 7.24. The first kappa shape index (κ1) is 14.6. The Bertz CT molecular complexity index is 452. The summed E-state index contributed by atoms with van der Waals surface area (Å²) in [4.78, 5) is 2.10. The fourth-order valence-corrected chi connectivity index (χ4v) is 2.16. The Morgan fingerprint density at radius 3 is 2.50 bits per heavy atom. The molecule has 3 N–H and O–H groups in total. The van der Waals surface area contributed by atoms with Crippen molar-refractivity contribution in [3.8, 4) is 0 Å². The Hall–Kier alpha value is -1.42. The predicted molar refractivity (Wildman–Crippen MR) is 76.7 cm³/mol. The third-order valence-corrected chi connectivity index (χ3v) is 2.78. The maximum atomic E-state index is 8.62. The van der Waals surface area contributed by atoms with Gasteiger partial charge in [-0.05, 0) is 23.6 Å². The summed E-state index contributed by atoms with van der Waals surface area (Å²) >= 11 is 6.22. The molecule has 5 heteroatoms. The number of rotatable bonds is 3. The minimum absolute atomic E-state index is 0.0573. The van der Waals surface area contributed by atoms with Crippen molar-refractivity contribution >= 4 is 23.1 Å². The Morgan fingerprint density at radius 2 is 2.06 bits per heavy atom. The normalized spacial score (nSPS) is 12.6. The van der Waals surface area contributed by atoms with Crippen molar-refractivity contribution < 1.29 is 5.21 Å². The zero-order valence-corrected chi connectivity index (χ0v) is 12.0. The summed E-state index contributed by atoms with van der Waals surface area (Å²) in [5.74, 6) is 0.0573. The zero-order valence-electron chi connectivity index (χ0n) is 11.2. The lowest BCUT2D eigenvalue weighted by atomic mass is 9.96. The summed E-state index contributed by atoms with van der Waals surface area (Å²) in [6, 6.07) is 5.36. The van der Waals surface area contributed by atoms with Crippen LogP contribution in [0.2, 0.25) is 5.02 Å². The summed E-state index contributed by atoms with van der Waals surface area (Å²) in [7, 11) is 2.00. The van der Waals surface area contributed by atoms with E-state index in [4.69, 9.17) is 22.5 Å². The van der Waals surface area contributed by atoms with Crippen LogP contribution in [0, 0.1) is 5.41 Å². The molecule has 0 aliphatic carbocycles. The Labute approximate surface area is 113 Å². The maximum Gasteiger partial charge on any atom is 0.170 e. The molecule has 0 radical (unpaired) electrons. The molecule has 0 atom stereocenters. The molecular formula is C13H20ClN3O. The van der Waals surface area contributed by atoms with Crippen molar-refractivity contribution in [2.45, 2.75) is 20.8 Å². The minimum atomic E-state index is 0.0573. The average molecular weight is 270 g/mol. The summed E-state index contributed by atoms with van der Waals surface area (Å²) in [6.45, 7) is 7.39. The van der Waals surface area contributed by atoms with Crippen LogP contribution in [-0.2, 0) is 0 Å². The monoisotopic (exact) mass is 269 g/mol. The van der Waals surface area contributed by atoms with Gasteiger partial charge >= 0.3 is 0 Å². The van der Waals surface area contributed by atoms with Crippen LogP contribution < -0.4 is 10.6 Å². The standard InChI is InChI=1S/C13H20ClN3O/c1-13(2,3)8-17(4)11-6-5-9(7-10(11)14)12(15)16-18/h5-7,18H,8H2,1-4H3,(H2,15,16). The van der Waals surface area contributed by atoms with Crippen LogP contribution >= 0.6 is 11.6 Å². The first-order valence-electron chi connectivity index (χ1n) is 5.73. The van der Waals surface area contributed by atoms with Crippen LogP contribution in [0.15, 0.2) is 23.4 Å². The number of halogens is 1. The lowest BCUT2D eigenvalue weighted by molar-refractivity contribution is 0.318. The molecule has 100 valence electrons. The number of nitrogens with two attached hydrogens (primary N) is 1. The second kappa shape index (κ2) is 5.48. The maximum absolute atomic E-state index is 8.62. The lowest BCUT2D eigenvalue weighted by Crippen LogP contribution is -2.29. The third-order valence-electron chi connectivity index (χ3n) is 2.47. The number of nitrogens with zero attached hydrogens (tertiary/aromatic N) is 2. The van der Waals surface area contributed by atoms with E-state index in [0.29, 0.717) is 10.6 Å². The van der Waals surface area contributed by atoms with Crippen LogP contribution in [0.25, 0.3) is 0 Å². The van der Waals surface area contributed by atoms with Gasteiger partial charge in [-0.1, -0.05) is 37.5 Å². The van der Waals surface area contributed by atoms with E-state index in [0.717, 1.165) is 12.2 Å². The van der Waals surface area contributed by atoms with Crippen LogP contribution in [0.4, 0.5) is 5.69 Å². The molecule has 0 fully saturated rings. The number of hydrogen-bond acceptors (Lipinski definition) is 3. The summed E-state index contributed by atoms with van der Waals surface area (Å²) < 4.78 is 0. The molecular weight excluding hydrogens is 250 g/mol. The van der Waals surface area contributed by atoms with Gasteiger partial charge in [-0.3, -0.25) is 0 Å². The molecule has 0 aromatic heterocycles. The van der Waals surface area contributed by atoms with Crippen LogP contribution in [0.3, 0.4) is 0 Å². The van der Waals surface area contributed by atoms with Gasteiger partial charge in [0.25, 0.3) is 0 Å². The van der Waals surface area contributed by atoms with Gasteiger partial charge in [-0.2, -0.15) is 0 Å². The average Bonchev–Trinajstić information content (AvgIpc) is 2.25. The highest BCUT2D eigenvalue weighted by atomic mass is 35.5. The third kappa shape index (κ3) is 3.81. The molecule has 1 aromatic rings. The molecule has 0 amide bonds. The molecule has 0 saturated carbocycles. The highest BCUT2D eigenvalue weighted by molar-refractivity contribution is 6.33. The van der Waals surface area contributed by atoms with E-state index in [1.807, 2.05) is 13.1 Å². The van der Waals surface area contributed by atoms with E-state index in [1.54, 1.807) is 12.1 Å². The van der Waals surface area contributed by atoms with Gasteiger partial charge in [0.2, 0.25) is 0 Å². The van der Waals surface area contributed by atoms with Crippen molar-refractivity contribution in [3.63, 3.8) is 0 Å². The second-order valence-corrected chi connectivity index (χ2v) is 5.98. The smallest absolute Gasteiger partial charge is 0.170 e. The largest absolute Gasteiger partial charge is 0.409 e. The van der Waals surface area contributed by atoms with Gasteiger partial charge in [0.05, 0.1) is 10.7 Å². The molecule has 0 bridgehead atoms. The van der Waals surface area contributed by atoms with E-state index >= 15 is 0 Å². The van der Waals surface area contributed by atoms with Gasteiger partial charge in [0.15, 0.2) is 5.84 Å². The molecule has 0 aliphatic heterocycles. The fourth-order valence-electron chi connectivity index (χ4n) is 1.83. The number of oxime groups is 1. The van der Waals surface area contributed by atoms with Crippen LogP contribution in [0.5, 0.6) is 0 Å². The molecule has 1 rings (SSSR count). The molecule has 0 heterocycles. The van der Waals surface area contributed by atoms with E-state index in [-0.39, 0.29) is 11.3 Å². The predicted octanol–water partition coefficient (Wildman–Crippen LogP) is 2.92. The number of benzene rings is 1. The highest BCUT2D eigenvalue weighted by Gasteiger charge is 2.16. The molecule has 0 spiro atoms. The van der Waals surface area contributed by atoms with Gasteiger partial charge in [0.1, 0.15) is 0 Å². The first-order chi connectivity index (χ1) is 8.24. The van der Waals surface area contributed by atoms with Gasteiger partial charge < -0.3 is 15.8 Å². The lowest BCUT2D eigenvalue weighted by Gasteiger charge is -2.29. The van der Waals surface area contributed by atoms with Crippen molar-refractivity contribution in [3.05, 3.63) is 28.8 Å². The van der Waals surface area contributed by atoms with E-state index < -0.39 is 0 Å². The number of hydrogen-bond donors (Lipinski definition) is 2. The highest BCUT2D eigenvalue weighted by Crippen LogP contribution is 2.28. The Kier molecular flexibility index (Phi) is 4.46. The molecule has 0 unspecified atom stereocenters. The number of anilines is 1. The molecule has 18 heavy (non-hydrogen) atoms. The van der Waals surface area contributed by atoms with Crippen molar-refractivity contribution in [2.75, 3.05) is 18.5 Å². The van der Waals surface area contributed by atoms with Crippen LogP contribution in [0.1, 0.15) is 26.3 Å². The number of amidine groups is 1. The van der Waals surface area contributed by atoms with Crippen LogP contribution in [-0.4, -0.2) is 24.6 Å². The summed E-state index contributed by atoms with van der Waals surface area (Å²) in [5, 5.41) is 12.2. The van der Waals surface area contributed by atoms with Gasteiger partial charge in [0, 0.05) is 19.2 Å². The molecule has 0 saturated heterocycles. The zero-order chi connectivity index (χ0) is 13.9. The first-order valence-corrected chi connectivity index (χ1v) is 6.11. The van der Waals surface area contributed by atoms with E-state index in [9.17, 15) is 0 Å². The molecule has 4 nitrogen and oxygen atoms in total. The fraction of sp³-hybridized carbons (Fsp3) is 0.462. The SMILES string of the molecule is CN(CC(C)(C)C)c1ccc(C(N)=NO)cc1Cl. The molecule has 1 aromatic carbocycles. The quantitative estimate of drug-likeness (QED) is 0.384. The van der Waals surface area contributed by atoms with E-state index in [2.05, 4.69) is 30.8 Å². The second-order valence-electron chi connectivity index (χ2n) is 5.57.